The number of alkyl halides is 9. The summed E-state index contributed by atoms with van der Waals surface area (Å²) in [6.45, 7) is 2.92. The van der Waals surface area contributed by atoms with Crippen molar-refractivity contribution in [3.63, 3.8) is 0 Å². The van der Waals surface area contributed by atoms with Gasteiger partial charge in [0.1, 0.15) is 0 Å². The third kappa shape index (κ3) is 3.37. The van der Waals surface area contributed by atoms with E-state index in [2.05, 4.69) is 4.74 Å². The molecule has 0 saturated carbocycles. The molecule has 0 saturated heterocycles. The molecule has 0 spiro atoms. The summed E-state index contributed by atoms with van der Waals surface area (Å²) in [5.74, 6) is -2.25. The highest BCUT2D eigenvalue weighted by Crippen LogP contribution is 2.55. The molecule has 0 N–H and O–H groups in total. The van der Waals surface area contributed by atoms with Crippen molar-refractivity contribution in [2.75, 3.05) is 0 Å². The summed E-state index contributed by atoms with van der Waals surface area (Å²) >= 11 is 0. The molecule has 0 aromatic carbocycles. The lowest BCUT2D eigenvalue weighted by Crippen LogP contribution is -2.69. The smallest absolute Gasteiger partial charge is 0.432 e. The quantitative estimate of drug-likeness (QED) is 0.565. The second kappa shape index (κ2) is 5.24. The van der Waals surface area contributed by atoms with E-state index in [0.29, 0.717) is 0 Å². The van der Waals surface area contributed by atoms with Gasteiger partial charge in [0.15, 0.2) is 0 Å². The number of ether oxygens (including phenoxy) is 1. The fraction of sp³-hybridized carbons (Fsp3) is 0.900. The van der Waals surface area contributed by atoms with Crippen molar-refractivity contribution in [1.29, 1.82) is 0 Å². The van der Waals surface area contributed by atoms with E-state index in [1.165, 1.54) is 6.92 Å². The molecule has 0 aromatic heterocycles. The molecule has 2 nitrogen and oxygen atoms in total. The maximum atomic E-state index is 12.5. The van der Waals surface area contributed by atoms with Gasteiger partial charge < -0.3 is 4.74 Å². The summed E-state index contributed by atoms with van der Waals surface area (Å²) in [4.78, 5) is 11.3. The molecule has 0 aliphatic carbocycles. The molecule has 0 rings (SSSR count). The van der Waals surface area contributed by atoms with Crippen LogP contribution in [0.4, 0.5) is 39.5 Å². The van der Waals surface area contributed by atoms with Crippen molar-refractivity contribution >= 4 is 5.97 Å². The second-order valence-corrected chi connectivity index (χ2v) is 4.80. The van der Waals surface area contributed by atoms with Crippen LogP contribution in [0.2, 0.25) is 0 Å². The van der Waals surface area contributed by atoms with Gasteiger partial charge in [-0.05, 0) is 20.3 Å². The molecule has 0 aliphatic heterocycles. The highest BCUT2D eigenvalue weighted by molar-refractivity contribution is 5.76. The first-order valence-electron chi connectivity index (χ1n) is 5.37. The first-order valence-corrected chi connectivity index (χ1v) is 5.37. The van der Waals surface area contributed by atoms with E-state index in [1.54, 1.807) is 0 Å². The van der Waals surface area contributed by atoms with Gasteiger partial charge in [-0.15, -0.1) is 0 Å². The van der Waals surface area contributed by atoms with Gasteiger partial charge in [-0.3, -0.25) is 4.79 Å². The first-order chi connectivity index (χ1) is 8.94. The molecule has 0 unspecified atom stereocenters. The predicted octanol–water partition coefficient (Wildman–Crippen LogP) is 4.39. The molecule has 0 aromatic rings. The van der Waals surface area contributed by atoms with Crippen molar-refractivity contribution in [3.05, 3.63) is 0 Å². The van der Waals surface area contributed by atoms with Crippen molar-refractivity contribution in [1.82, 2.24) is 0 Å². The minimum Gasteiger partial charge on any atom is -0.432 e. The Morgan fingerprint density at radius 2 is 1.10 bits per heavy atom. The monoisotopic (exact) mass is 334 g/mol. The Balaban J connectivity index is 6.16. The van der Waals surface area contributed by atoms with Gasteiger partial charge in [0.05, 0.1) is 5.41 Å². The van der Waals surface area contributed by atoms with Gasteiger partial charge in [-0.25, -0.2) is 0 Å². The molecule has 0 atom stereocenters. The average Bonchev–Trinajstić information content (AvgIpc) is 2.19. The lowest BCUT2D eigenvalue weighted by molar-refractivity contribution is -0.447. The zero-order valence-corrected chi connectivity index (χ0v) is 10.9. The first kappa shape index (κ1) is 19.8. The van der Waals surface area contributed by atoms with Crippen LogP contribution in [0.5, 0.6) is 0 Å². The van der Waals surface area contributed by atoms with Gasteiger partial charge in [0.25, 0.3) is 0 Å². The predicted molar refractivity (Wildman–Crippen MR) is 51.1 cm³/mol. The lowest BCUT2D eigenvalue weighted by atomic mass is 9.90. The fourth-order valence-electron chi connectivity index (χ4n) is 1.08. The van der Waals surface area contributed by atoms with Crippen molar-refractivity contribution in [3.8, 4) is 0 Å². The minimum absolute atomic E-state index is 0.324. The van der Waals surface area contributed by atoms with Crippen LogP contribution in [0.15, 0.2) is 0 Å². The maximum absolute atomic E-state index is 12.5. The zero-order valence-electron chi connectivity index (χ0n) is 10.9. The minimum atomic E-state index is -6.91. The molecular formula is C10H11F9O2. The van der Waals surface area contributed by atoms with Gasteiger partial charge in [0.2, 0.25) is 0 Å². The van der Waals surface area contributed by atoms with E-state index >= 15 is 0 Å². The van der Waals surface area contributed by atoms with E-state index in [0.717, 1.165) is 13.8 Å². The molecule has 0 fully saturated rings. The number of rotatable bonds is 3. The van der Waals surface area contributed by atoms with Crippen LogP contribution in [0.3, 0.4) is 0 Å². The molecule has 21 heavy (non-hydrogen) atoms. The number of hydrogen-bond acceptors (Lipinski definition) is 2. The highest BCUT2D eigenvalue weighted by Gasteiger charge is 2.87. The van der Waals surface area contributed by atoms with Crippen LogP contribution < -0.4 is 0 Å². The van der Waals surface area contributed by atoms with Crippen molar-refractivity contribution in [2.45, 2.75) is 51.3 Å². The normalized spacial score (nSPS) is 15.0. The molecule has 0 amide bonds. The summed E-state index contributed by atoms with van der Waals surface area (Å²) < 4.78 is 115. The molecule has 0 aliphatic rings. The number of halogens is 9. The number of carbonyl (C=O) groups is 1. The number of carbonyl (C=O) groups excluding carboxylic acids is 1. The fourth-order valence-corrected chi connectivity index (χ4v) is 1.08. The third-order valence-corrected chi connectivity index (χ3v) is 2.88. The Morgan fingerprint density at radius 1 is 0.810 bits per heavy atom. The van der Waals surface area contributed by atoms with Gasteiger partial charge in [-0.2, -0.15) is 39.5 Å². The summed E-state index contributed by atoms with van der Waals surface area (Å²) in [5, 5.41) is 0. The Bertz CT molecular complexity index is 353. The van der Waals surface area contributed by atoms with Crippen molar-refractivity contribution < 1.29 is 49.0 Å². The van der Waals surface area contributed by atoms with Crippen LogP contribution in [-0.4, -0.2) is 30.1 Å². The molecule has 0 radical (unpaired) electrons. The van der Waals surface area contributed by atoms with E-state index in [4.69, 9.17) is 0 Å². The molecule has 126 valence electrons. The Kier molecular flexibility index (Phi) is 4.95. The average molecular weight is 334 g/mol. The Labute approximate surface area is 113 Å². The summed E-state index contributed by atoms with van der Waals surface area (Å²) in [7, 11) is 0. The van der Waals surface area contributed by atoms with Crippen LogP contribution in [0.25, 0.3) is 0 Å². The zero-order chi connectivity index (χ0) is 17.5. The van der Waals surface area contributed by atoms with E-state index in [1.807, 2.05) is 0 Å². The molecule has 0 heterocycles. The van der Waals surface area contributed by atoms with Gasteiger partial charge in [0, 0.05) is 0 Å². The standard InChI is InChI=1S/C10H11F9O2/c1-4-6(2,3)5(20)21-7(8(11,12)13,9(14,15)16)10(17,18)19/h4H2,1-3H3. The van der Waals surface area contributed by atoms with E-state index in [9.17, 15) is 44.3 Å². The summed E-state index contributed by atoms with van der Waals surface area (Å²) in [5.41, 5.74) is -8.51. The highest BCUT2D eigenvalue weighted by atomic mass is 19.4. The Hall–Kier alpha value is -1.16. The second-order valence-electron chi connectivity index (χ2n) is 4.80. The maximum Gasteiger partial charge on any atom is 0.447 e. The number of hydrogen-bond donors (Lipinski definition) is 0. The molecular weight excluding hydrogens is 323 g/mol. The van der Waals surface area contributed by atoms with Crippen LogP contribution in [-0.2, 0) is 9.53 Å². The van der Waals surface area contributed by atoms with Crippen molar-refractivity contribution in [2.24, 2.45) is 5.41 Å². The largest absolute Gasteiger partial charge is 0.447 e. The third-order valence-electron chi connectivity index (χ3n) is 2.88. The summed E-state index contributed by atoms with van der Waals surface area (Å²) in [6.07, 6.45) is -21.1. The van der Waals surface area contributed by atoms with Crippen LogP contribution in [0.1, 0.15) is 27.2 Å². The van der Waals surface area contributed by atoms with Gasteiger partial charge >= 0.3 is 30.1 Å². The van der Waals surface area contributed by atoms with E-state index in [-0.39, 0.29) is 6.42 Å². The topological polar surface area (TPSA) is 26.3 Å². The van der Waals surface area contributed by atoms with Crippen LogP contribution >= 0.6 is 0 Å². The number of esters is 1. The Morgan fingerprint density at radius 3 is 1.29 bits per heavy atom. The van der Waals surface area contributed by atoms with Gasteiger partial charge in [-0.1, -0.05) is 6.92 Å². The van der Waals surface area contributed by atoms with Crippen LogP contribution in [0, 0.1) is 5.41 Å². The molecule has 11 heteroatoms. The summed E-state index contributed by atoms with van der Waals surface area (Å²) in [6, 6.07) is 0. The SMILES string of the molecule is CCC(C)(C)C(=O)OC(C(F)(F)F)(C(F)(F)F)C(F)(F)F. The van der Waals surface area contributed by atoms with E-state index < -0.39 is 35.5 Å². The lowest BCUT2D eigenvalue weighted by Gasteiger charge is -2.39. The molecule has 0 bridgehead atoms.